The largest absolute Gasteiger partial charge is 0.454 e. The lowest BCUT2D eigenvalue weighted by molar-refractivity contribution is 0.0634. The van der Waals surface area contributed by atoms with Crippen LogP contribution in [0.4, 0.5) is 5.69 Å². The maximum absolute atomic E-state index is 13.3. The van der Waals surface area contributed by atoms with E-state index in [1.54, 1.807) is 0 Å². The third kappa shape index (κ3) is 4.29. The van der Waals surface area contributed by atoms with Gasteiger partial charge >= 0.3 is 0 Å². The molecule has 2 aromatic carbocycles. The molecule has 178 valence electrons. The first kappa shape index (κ1) is 22.2. The molecule has 0 atom stereocenters. The average Bonchev–Trinajstić information content (AvgIpc) is 3.48. The van der Waals surface area contributed by atoms with Gasteiger partial charge in [0, 0.05) is 48.7 Å². The molecule has 2 aromatic heterocycles. The van der Waals surface area contributed by atoms with E-state index in [2.05, 4.69) is 11.0 Å². The number of nitrogens with zero attached hydrogens (tertiary/aromatic N) is 3. The number of carbonyl (C=O) groups excluding carboxylic acids is 1. The second-order valence-corrected chi connectivity index (χ2v) is 10.1. The summed E-state index contributed by atoms with van der Waals surface area (Å²) in [5.74, 6) is 1.56. The molecule has 1 amide bonds. The second-order valence-electron chi connectivity index (χ2n) is 8.66. The normalized spacial score (nSPS) is 15.6. The molecule has 35 heavy (non-hydrogen) atoms. The Labute approximate surface area is 211 Å². The van der Waals surface area contributed by atoms with Crippen LogP contribution in [0.25, 0.3) is 21.5 Å². The van der Waals surface area contributed by atoms with Gasteiger partial charge < -0.3 is 20.1 Å². The summed E-state index contributed by atoms with van der Waals surface area (Å²) in [5, 5.41) is 1.50. The Morgan fingerprint density at radius 2 is 1.77 bits per heavy atom. The third-order valence-electron chi connectivity index (χ3n) is 6.43. The van der Waals surface area contributed by atoms with E-state index in [1.807, 2.05) is 53.4 Å². The van der Waals surface area contributed by atoms with Crippen molar-refractivity contribution in [3.63, 3.8) is 0 Å². The number of pyridine rings is 1. The number of carbonyl (C=O) groups is 1. The topological polar surface area (TPSA) is 80.9 Å². The summed E-state index contributed by atoms with van der Waals surface area (Å²) in [7, 11) is 0. The van der Waals surface area contributed by atoms with Gasteiger partial charge in [0.2, 0.25) is 6.79 Å². The van der Waals surface area contributed by atoms with Crippen LogP contribution in [0.15, 0.2) is 54.6 Å². The quantitative estimate of drug-likeness (QED) is 0.424. The van der Waals surface area contributed by atoms with E-state index in [0.29, 0.717) is 28.7 Å². The van der Waals surface area contributed by atoms with Crippen molar-refractivity contribution < 1.29 is 14.3 Å². The SMILES string of the molecule is Nc1c(C(=O)N2CCN(Cc3ccc4c(c3)OCO4)CC2)sc2nc(-c3ccc(Cl)cc3)ccc12. The molecule has 0 spiro atoms. The van der Waals surface area contributed by atoms with Crippen molar-refractivity contribution in [2.24, 2.45) is 0 Å². The fourth-order valence-corrected chi connectivity index (χ4v) is 5.68. The first-order valence-electron chi connectivity index (χ1n) is 11.4. The number of aromatic nitrogens is 1. The molecule has 6 rings (SSSR count). The number of ether oxygens (including phenoxy) is 2. The Hall–Kier alpha value is -3.33. The molecule has 2 aliphatic heterocycles. The molecule has 0 radical (unpaired) electrons. The molecule has 7 nitrogen and oxygen atoms in total. The van der Waals surface area contributed by atoms with Gasteiger partial charge in [0.15, 0.2) is 11.5 Å². The number of rotatable bonds is 4. The molecule has 4 heterocycles. The van der Waals surface area contributed by atoms with E-state index < -0.39 is 0 Å². The highest BCUT2D eigenvalue weighted by molar-refractivity contribution is 7.21. The molecule has 0 saturated carbocycles. The zero-order valence-electron chi connectivity index (χ0n) is 18.9. The Morgan fingerprint density at radius 3 is 2.57 bits per heavy atom. The van der Waals surface area contributed by atoms with Crippen LogP contribution < -0.4 is 15.2 Å². The van der Waals surface area contributed by atoms with Crippen LogP contribution in [-0.4, -0.2) is 53.7 Å². The Morgan fingerprint density at radius 1 is 1.00 bits per heavy atom. The predicted octanol–water partition coefficient (Wildman–Crippen LogP) is 4.89. The van der Waals surface area contributed by atoms with E-state index in [0.717, 1.165) is 52.6 Å². The smallest absolute Gasteiger partial charge is 0.266 e. The standard InChI is InChI=1S/C26H23ClN4O3S/c27-18-4-2-17(3-5-18)20-7-6-19-23(28)24(35-25(19)29-20)26(32)31-11-9-30(10-12-31)14-16-1-8-21-22(13-16)34-15-33-21/h1-8,13H,9-12,14-15,28H2. The zero-order valence-corrected chi connectivity index (χ0v) is 20.4. The lowest BCUT2D eigenvalue weighted by Gasteiger charge is -2.34. The van der Waals surface area contributed by atoms with Gasteiger partial charge in [-0.15, -0.1) is 11.3 Å². The van der Waals surface area contributed by atoms with Crippen LogP contribution in [0.3, 0.4) is 0 Å². The molecule has 0 aliphatic carbocycles. The summed E-state index contributed by atoms with van der Waals surface area (Å²) in [4.78, 5) is 23.7. The minimum absolute atomic E-state index is 0.0266. The Bertz CT molecular complexity index is 1410. The van der Waals surface area contributed by atoms with Gasteiger partial charge in [-0.3, -0.25) is 9.69 Å². The summed E-state index contributed by atoms with van der Waals surface area (Å²) in [5.41, 5.74) is 9.87. The summed E-state index contributed by atoms with van der Waals surface area (Å²) in [6.07, 6.45) is 0. The molecular weight excluding hydrogens is 484 g/mol. The summed E-state index contributed by atoms with van der Waals surface area (Å²) < 4.78 is 10.9. The van der Waals surface area contributed by atoms with Crippen molar-refractivity contribution in [2.45, 2.75) is 6.54 Å². The van der Waals surface area contributed by atoms with Crippen molar-refractivity contribution >= 4 is 44.7 Å². The van der Waals surface area contributed by atoms with Crippen LogP contribution in [0.1, 0.15) is 15.2 Å². The number of piperazine rings is 1. The Balaban J connectivity index is 1.14. The van der Waals surface area contributed by atoms with Crippen molar-refractivity contribution in [1.29, 1.82) is 0 Å². The number of thiophene rings is 1. The van der Waals surface area contributed by atoms with E-state index >= 15 is 0 Å². The number of benzene rings is 2. The van der Waals surface area contributed by atoms with Crippen molar-refractivity contribution in [3.05, 3.63) is 70.1 Å². The maximum atomic E-state index is 13.3. The highest BCUT2D eigenvalue weighted by Crippen LogP contribution is 2.36. The van der Waals surface area contributed by atoms with Crippen molar-refractivity contribution in [1.82, 2.24) is 14.8 Å². The molecule has 9 heteroatoms. The zero-order chi connectivity index (χ0) is 23.9. The van der Waals surface area contributed by atoms with Gasteiger partial charge in [-0.05, 0) is 42.0 Å². The van der Waals surface area contributed by atoms with Crippen LogP contribution in [0.2, 0.25) is 5.02 Å². The number of anilines is 1. The number of nitrogen functional groups attached to an aromatic ring is 1. The maximum Gasteiger partial charge on any atom is 0.266 e. The number of halogens is 1. The minimum atomic E-state index is -0.0266. The van der Waals surface area contributed by atoms with Gasteiger partial charge in [0.05, 0.1) is 11.4 Å². The third-order valence-corrected chi connectivity index (χ3v) is 7.79. The van der Waals surface area contributed by atoms with Gasteiger partial charge in [-0.25, -0.2) is 4.98 Å². The summed E-state index contributed by atoms with van der Waals surface area (Å²) in [6.45, 7) is 3.98. The number of amides is 1. The molecule has 2 N–H and O–H groups in total. The van der Waals surface area contributed by atoms with Crippen LogP contribution >= 0.6 is 22.9 Å². The molecule has 4 aromatic rings. The van der Waals surface area contributed by atoms with Crippen molar-refractivity contribution in [2.75, 3.05) is 38.7 Å². The monoisotopic (exact) mass is 506 g/mol. The van der Waals surface area contributed by atoms with Crippen molar-refractivity contribution in [3.8, 4) is 22.8 Å². The lowest BCUT2D eigenvalue weighted by atomic mass is 10.1. The number of fused-ring (bicyclic) bond motifs is 2. The average molecular weight is 507 g/mol. The van der Waals surface area contributed by atoms with Crippen LogP contribution in [0.5, 0.6) is 11.5 Å². The lowest BCUT2D eigenvalue weighted by Crippen LogP contribution is -2.48. The number of hydrogen-bond donors (Lipinski definition) is 1. The highest BCUT2D eigenvalue weighted by Gasteiger charge is 2.26. The number of nitrogens with two attached hydrogens (primary N) is 1. The van der Waals surface area contributed by atoms with E-state index in [-0.39, 0.29) is 12.7 Å². The molecule has 0 bridgehead atoms. The fourth-order valence-electron chi connectivity index (χ4n) is 4.49. The van der Waals surface area contributed by atoms with E-state index in [1.165, 1.54) is 16.9 Å². The first-order chi connectivity index (χ1) is 17.0. The molecule has 2 aliphatic rings. The first-order valence-corrected chi connectivity index (χ1v) is 12.6. The molecular formula is C26H23ClN4O3S. The van der Waals surface area contributed by atoms with Gasteiger partial charge in [-0.1, -0.05) is 29.8 Å². The summed E-state index contributed by atoms with van der Waals surface area (Å²) in [6, 6.07) is 17.5. The second kappa shape index (κ2) is 9.03. The van der Waals surface area contributed by atoms with Gasteiger partial charge in [0.25, 0.3) is 5.91 Å². The summed E-state index contributed by atoms with van der Waals surface area (Å²) >= 11 is 7.37. The molecule has 1 saturated heterocycles. The number of hydrogen-bond acceptors (Lipinski definition) is 7. The molecule has 1 fully saturated rings. The van der Waals surface area contributed by atoms with Gasteiger partial charge in [0.1, 0.15) is 9.71 Å². The van der Waals surface area contributed by atoms with Crippen LogP contribution in [-0.2, 0) is 6.54 Å². The van der Waals surface area contributed by atoms with E-state index in [4.69, 9.17) is 31.8 Å². The molecule has 0 unspecified atom stereocenters. The highest BCUT2D eigenvalue weighted by atomic mass is 35.5. The van der Waals surface area contributed by atoms with Crippen LogP contribution in [0, 0.1) is 0 Å². The van der Waals surface area contributed by atoms with E-state index in [9.17, 15) is 4.79 Å². The fraction of sp³-hybridized carbons (Fsp3) is 0.231. The predicted molar refractivity (Wildman–Crippen MR) is 138 cm³/mol. The minimum Gasteiger partial charge on any atom is -0.454 e. The Kier molecular flexibility index (Phi) is 5.72. The van der Waals surface area contributed by atoms with Gasteiger partial charge in [-0.2, -0.15) is 0 Å².